The van der Waals surface area contributed by atoms with Crippen LogP contribution in [-0.4, -0.2) is 5.11 Å². The minimum absolute atomic E-state index is 0.319. The van der Waals surface area contributed by atoms with Gasteiger partial charge in [0.25, 0.3) is 0 Å². The zero-order valence-electron chi connectivity index (χ0n) is 6.62. The van der Waals surface area contributed by atoms with Crippen molar-refractivity contribution in [3.05, 3.63) is 23.1 Å². The first-order valence-corrected chi connectivity index (χ1v) is 5.56. The molecule has 0 aliphatic rings. The number of aromatic hydroxyl groups is 1. The van der Waals surface area contributed by atoms with Crippen molar-refractivity contribution < 1.29 is 5.11 Å². The van der Waals surface area contributed by atoms with E-state index in [1.165, 1.54) is 11.3 Å². The highest BCUT2D eigenvalue weighted by Gasteiger charge is 2.06. The third-order valence-corrected chi connectivity index (χ3v) is 3.54. The maximum absolute atomic E-state index is 9.46. The lowest BCUT2D eigenvalue weighted by molar-refractivity contribution is 0.483. The maximum Gasteiger partial charge on any atom is 0.134 e. The third kappa shape index (κ3) is 1.52. The van der Waals surface area contributed by atoms with E-state index in [4.69, 9.17) is 11.6 Å². The molecule has 13 heavy (non-hydrogen) atoms. The molecule has 0 saturated carbocycles. The summed E-state index contributed by atoms with van der Waals surface area (Å²) in [5.41, 5.74) is 0.950. The summed E-state index contributed by atoms with van der Waals surface area (Å²) in [7, 11) is 0. The van der Waals surface area contributed by atoms with Crippen molar-refractivity contribution >= 4 is 45.7 Å². The first-order valence-electron chi connectivity index (χ1n) is 3.70. The number of thiol groups is 1. The number of thiophene rings is 1. The van der Waals surface area contributed by atoms with Gasteiger partial charge in [0.05, 0.1) is 0 Å². The van der Waals surface area contributed by atoms with E-state index < -0.39 is 0 Å². The van der Waals surface area contributed by atoms with Crippen molar-refractivity contribution in [1.82, 2.24) is 0 Å². The summed E-state index contributed by atoms with van der Waals surface area (Å²) < 4.78 is 1.04. The highest BCUT2D eigenvalue weighted by Crippen LogP contribution is 2.34. The van der Waals surface area contributed by atoms with Crippen molar-refractivity contribution in [2.45, 2.75) is 10.8 Å². The van der Waals surface area contributed by atoms with Gasteiger partial charge in [-0.15, -0.1) is 35.6 Å². The molecule has 0 atom stereocenters. The van der Waals surface area contributed by atoms with Crippen LogP contribution >= 0.6 is 35.6 Å². The fraction of sp³-hybridized carbons (Fsp3) is 0.111. The van der Waals surface area contributed by atoms with E-state index in [1.54, 1.807) is 5.38 Å². The van der Waals surface area contributed by atoms with Crippen LogP contribution in [0.5, 0.6) is 5.75 Å². The predicted molar refractivity (Wildman–Crippen MR) is 60.3 cm³/mol. The molecule has 0 amide bonds. The molecule has 1 aromatic heterocycles. The van der Waals surface area contributed by atoms with E-state index in [9.17, 15) is 5.11 Å². The molecule has 0 aliphatic carbocycles. The summed E-state index contributed by atoms with van der Waals surface area (Å²) in [6.07, 6.45) is 0. The highest BCUT2D eigenvalue weighted by molar-refractivity contribution is 7.80. The van der Waals surface area contributed by atoms with Crippen LogP contribution in [0.25, 0.3) is 10.1 Å². The van der Waals surface area contributed by atoms with Crippen LogP contribution in [0.1, 0.15) is 5.56 Å². The predicted octanol–water partition coefficient (Wildman–Crippen LogP) is 3.63. The molecule has 1 nitrogen and oxygen atoms in total. The Labute approximate surface area is 90.4 Å². The van der Waals surface area contributed by atoms with Gasteiger partial charge in [0, 0.05) is 26.2 Å². The zero-order chi connectivity index (χ0) is 9.42. The van der Waals surface area contributed by atoms with Gasteiger partial charge >= 0.3 is 0 Å². The number of halogens is 1. The summed E-state index contributed by atoms with van der Waals surface area (Å²) in [6.45, 7) is 0. The monoisotopic (exact) mass is 230 g/mol. The second-order valence-electron chi connectivity index (χ2n) is 2.73. The number of benzene rings is 1. The zero-order valence-corrected chi connectivity index (χ0v) is 9.09. The van der Waals surface area contributed by atoms with Crippen molar-refractivity contribution in [1.29, 1.82) is 0 Å². The quantitative estimate of drug-likeness (QED) is 0.566. The molecule has 2 rings (SSSR count). The number of hydrogen-bond acceptors (Lipinski definition) is 3. The van der Waals surface area contributed by atoms with E-state index in [0.29, 0.717) is 11.6 Å². The molecular formula is C9H7ClOS2. The molecule has 1 aromatic carbocycles. The van der Waals surface area contributed by atoms with Gasteiger partial charge < -0.3 is 5.11 Å². The Morgan fingerprint density at radius 2 is 2.23 bits per heavy atom. The van der Waals surface area contributed by atoms with Crippen LogP contribution in [0, 0.1) is 0 Å². The molecule has 0 unspecified atom stereocenters. The van der Waals surface area contributed by atoms with Crippen LogP contribution in [0.2, 0.25) is 0 Å². The Hall–Kier alpha value is -0.380. The van der Waals surface area contributed by atoms with Gasteiger partial charge in [-0.2, -0.15) is 0 Å². The molecule has 0 radical (unpaired) electrons. The van der Waals surface area contributed by atoms with Crippen LogP contribution in [-0.2, 0) is 5.88 Å². The molecule has 2 aromatic rings. The highest BCUT2D eigenvalue weighted by atomic mass is 35.5. The Kier molecular flexibility index (Phi) is 2.41. The third-order valence-electron chi connectivity index (χ3n) is 1.90. The number of hydrogen-bond donors (Lipinski definition) is 2. The molecule has 0 bridgehead atoms. The van der Waals surface area contributed by atoms with Crippen molar-refractivity contribution in [3.63, 3.8) is 0 Å². The largest absolute Gasteiger partial charge is 0.506 e. The number of alkyl halides is 1. The molecule has 0 spiro atoms. The number of rotatable bonds is 1. The van der Waals surface area contributed by atoms with Gasteiger partial charge in [-0.1, -0.05) is 0 Å². The fourth-order valence-electron chi connectivity index (χ4n) is 1.20. The van der Waals surface area contributed by atoms with E-state index in [-0.39, 0.29) is 0 Å². The first kappa shape index (κ1) is 9.19. The summed E-state index contributed by atoms with van der Waals surface area (Å²) in [4.78, 5) is 0.879. The van der Waals surface area contributed by atoms with Crippen molar-refractivity contribution in [3.8, 4) is 5.75 Å². The van der Waals surface area contributed by atoms with Crippen LogP contribution in [0.4, 0.5) is 0 Å². The lowest BCUT2D eigenvalue weighted by atomic mass is 10.2. The Bertz CT molecular complexity index is 450. The Morgan fingerprint density at radius 1 is 1.46 bits per heavy atom. The van der Waals surface area contributed by atoms with Gasteiger partial charge in [-0.3, -0.25) is 0 Å². The van der Waals surface area contributed by atoms with E-state index in [1.807, 2.05) is 12.1 Å². The molecule has 68 valence electrons. The maximum atomic E-state index is 9.46. The fourth-order valence-corrected chi connectivity index (χ4v) is 2.72. The average molecular weight is 231 g/mol. The standard InChI is InChI=1S/C9H7ClOS2/c10-3-5-1-6-7(11)4-13-9(6)2-8(5)12/h1-2,4,11-12H,3H2. The molecule has 0 fully saturated rings. The molecular weight excluding hydrogens is 224 g/mol. The normalized spacial score (nSPS) is 10.9. The summed E-state index contributed by atoms with van der Waals surface area (Å²) >= 11 is 11.5. The topological polar surface area (TPSA) is 20.2 Å². The van der Waals surface area contributed by atoms with Crippen LogP contribution in [0.15, 0.2) is 22.4 Å². The van der Waals surface area contributed by atoms with E-state index in [2.05, 4.69) is 12.6 Å². The summed E-state index contributed by atoms with van der Waals surface area (Å²) in [5.74, 6) is 0.740. The molecule has 1 N–H and O–H groups in total. The average Bonchev–Trinajstić information content (AvgIpc) is 2.46. The van der Waals surface area contributed by atoms with E-state index >= 15 is 0 Å². The second-order valence-corrected chi connectivity index (χ2v) is 4.39. The van der Waals surface area contributed by atoms with Crippen molar-refractivity contribution in [2.75, 3.05) is 0 Å². The Morgan fingerprint density at radius 3 is 2.92 bits per heavy atom. The minimum Gasteiger partial charge on any atom is -0.506 e. The lowest BCUT2D eigenvalue weighted by Crippen LogP contribution is -1.79. The van der Waals surface area contributed by atoms with Crippen molar-refractivity contribution in [2.24, 2.45) is 0 Å². The molecule has 4 heteroatoms. The van der Waals surface area contributed by atoms with E-state index in [0.717, 1.165) is 20.5 Å². The SMILES string of the molecule is Oc1csc2cc(S)c(CCl)cc12. The second kappa shape index (κ2) is 3.40. The van der Waals surface area contributed by atoms with Gasteiger partial charge in [0.2, 0.25) is 0 Å². The Balaban J connectivity index is 2.77. The van der Waals surface area contributed by atoms with Crippen LogP contribution < -0.4 is 0 Å². The molecule has 0 aliphatic heterocycles. The summed E-state index contributed by atoms with van der Waals surface area (Å²) in [6, 6.07) is 3.82. The molecule has 0 saturated heterocycles. The number of fused-ring (bicyclic) bond motifs is 1. The lowest BCUT2D eigenvalue weighted by Gasteiger charge is -2.00. The molecule has 1 heterocycles. The first-order chi connectivity index (χ1) is 6.22. The van der Waals surface area contributed by atoms with Gasteiger partial charge in [0.15, 0.2) is 0 Å². The van der Waals surface area contributed by atoms with Gasteiger partial charge in [-0.05, 0) is 17.7 Å². The van der Waals surface area contributed by atoms with Gasteiger partial charge in [0.1, 0.15) is 5.75 Å². The van der Waals surface area contributed by atoms with Crippen LogP contribution in [0.3, 0.4) is 0 Å². The summed E-state index contributed by atoms with van der Waals surface area (Å²) in [5, 5.41) is 12.0. The minimum atomic E-state index is 0.319. The van der Waals surface area contributed by atoms with Gasteiger partial charge in [-0.25, -0.2) is 0 Å². The smallest absolute Gasteiger partial charge is 0.134 e.